The Bertz CT molecular complexity index is 241. The number of carboxylic acids is 1. The van der Waals surface area contributed by atoms with E-state index in [9.17, 15) is 9.59 Å². The molecule has 0 rings (SSSR count). The quantitative estimate of drug-likeness (QED) is 0.399. The van der Waals surface area contributed by atoms with Crippen LogP contribution in [0, 0.1) is 0 Å². The summed E-state index contributed by atoms with van der Waals surface area (Å²) in [4.78, 5) is 21.5. The minimum absolute atomic E-state index is 0.00225. The molecule has 1 amide bonds. The lowest BCUT2D eigenvalue weighted by Crippen LogP contribution is -2.29. The van der Waals surface area contributed by atoms with Gasteiger partial charge in [0.25, 0.3) is 0 Å². The lowest BCUT2D eigenvalue weighted by atomic mass is 10.1. The molecule has 0 saturated carbocycles. The summed E-state index contributed by atoms with van der Waals surface area (Å²) in [6.07, 6.45) is 4.88. The number of rotatable bonds is 9. The summed E-state index contributed by atoms with van der Waals surface area (Å²) in [6.45, 7) is 3.98. The lowest BCUT2D eigenvalue weighted by Gasteiger charge is -2.05. The highest BCUT2D eigenvalue weighted by Gasteiger charge is 2.10. The average Bonchev–Trinajstić information content (AvgIpc) is 2.25. The van der Waals surface area contributed by atoms with Crippen molar-refractivity contribution in [2.45, 2.75) is 38.1 Å². The Morgan fingerprint density at radius 3 is 2.62 bits per heavy atom. The van der Waals surface area contributed by atoms with Crippen LogP contribution in [0.4, 0.5) is 0 Å². The molecular formula is C11H20N2O3. The minimum atomic E-state index is -0.969. The van der Waals surface area contributed by atoms with Crippen molar-refractivity contribution in [2.24, 2.45) is 5.73 Å². The molecule has 0 aliphatic carbocycles. The molecule has 0 heterocycles. The zero-order chi connectivity index (χ0) is 12.4. The maximum absolute atomic E-state index is 11.1. The van der Waals surface area contributed by atoms with Crippen LogP contribution in [0.5, 0.6) is 0 Å². The van der Waals surface area contributed by atoms with E-state index in [0.29, 0.717) is 19.4 Å². The number of carbonyl (C=O) groups is 2. The van der Waals surface area contributed by atoms with Crippen molar-refractivity contribution in [2.75, 3.05) is 6.54 Å². The number of amides is 1. The Kier molecular flexibility index (Phi) is 8.15. The van der Waals surface area contributed by atoms with E-state index >= 15 is 0 Å². The largest absolute Gasteiger partial charge is 0.480 e. The van der Waals surface area contributed by atoms with Crippen molar-refractivity contribution in [3.8, 4) is 0 Å². The number of aliphatic carboxylic acids is 1. The van der Waals surface area contributed by atoms with Gasteiger partial charge in [0.1, 0.15) is 6.04 Å². The van der Waals surface area contributed by atoms with E-state index in [1.807, 2.05) is 0 Å². The first-order valence-electron chi connectivity index (χ1n) is 5.44. The van der Waals surface area contributed by atoms with Gasteiger partial charge in [0.15, 0.2) is 0 Å². The highest BCUT2D eigenvalue weighted by atomic mass is 16.4. The standard InChI is InChI=1S/C11H20N2O3/c1-2-8-13-10(14)7-5-3-4-6-9(12)11(15)16/h2,9H,1,3-8,12H2,(H,13,14)(H,15,16)/t9-/m0/s1. The molecule has 0 aromatic heterocycles. The van der Waals surface area contributed by atoms with E-state index in [2.05, 4.69) is 11.9 Å². The molecule has 0 aliphatic rings. The van der Waals surface area contributed by atoms with Crippen LogP contribution in [0.25, 0.3) is 0 Å². The Morgan fingerprint density at radius 1 is 1.38 bits per heavy atom. The van der Waals surface area contributed by atoms with Crippen LogP contribution in [-0.4, -0.2) is 29.6 Å². The average molecular weight is 228 g/mol. The number of hydrogen-bond donors (Lipinski definition) is 3. The van der Waals surface area contributed by atoms with Crippen LogP contribution < -0.4 is 11.1 Å². The summed E-state index contributed by atoms with van der Waals surface area (Å²) < 4.78 is 0. The number of nitrogens with one attached hydrogen (secondary N) is 1. The van der Waals surface area contributed by atoms with Gasteiger partial charge < -0.3 is 16.2 Å². The van der Waals surface area contributed by atoms with Crippen molar-refractivity contribution in [1.29, 1.82) is 0 Å². The highest BCUT2D eigenvalue weighted by Crippen LogP contribution is 2.04. The van der Waals surface area contributed by atoms with Crippen LogP contribution in [-0.2, 0) is 9.59 Å². The van der Waals surface area contributed by atoms with Crippen LogP contribution in [0.1, 0.15) is 32.1 Å². The van der Waals surface area contributed by atoms with E-state index in [1.165, 1.54) is 0 Å². The summed E-state index contributed by atoms with van der Waals surface area (Å²) in [5.41, 5.74) is 5.33. The van der Waals surface area contributed by atoms with E-state index in [0.717, 1.165) is 19.3 Å². The molecule has 0 aromatic rings. The number of unbranched alkanes of at least 4 members (excludes halogenated alkanes) is 2. The van der Waals surface area contributed by atoms with E-state index in [4.69, 9.17) is 10.8 Å². The van der Waals surface area contributed by atoms with Gasteiger partial charge in [-0.2, -0.15) is 0 Å². The maximum Gasteiger partial charge on any atom is 0.320 e. The Labute approximate surface area is 95.7 Å². The van der Waals surface area contributed by atoms with Gasteiger partial charge in [-0.3, -0.25) is 9.59 Å². The third-order valence-electron chi connectivity index (χ3n) is 2.18. The number of carboxylic acid groups (broad SMARTS) is 1. The molecule has 0 saturated heterocycles. The van der Waals surface area contributed by atoms with Gasteiger partial charge >= 0.3 is 5.97 Å². The summed E-state index contributed by atoms with van der Waals surface area (Å²) in [6, 6.07) is -0.783. The topological polar surface area (TPSA) is 92.4 Å². The van der Waals surface area contributed by atoms with E-state index in [1.54, 1.807) is 6.08 Å². The lowest BCUT2D eigenvalue weighted by molar-refractivity contribution is -0.138. The Hall–Kier alpha value is -1.36. The van der Waals surface area contributed by atoms with E-state index < -0.39 is 12.0 Å². The summed E-state index contributed by atoms with van der Waals surface area (Å²) in [5, 5.41) is 11.2. The molecule has 0 radical (unpaired) electrons. The Morgan fingerprint density at radius 2 is 2.06 bits per heavy atom. The first-order chi connectivity index (χ1) is 7.57. The van der Waals surface area contributed by atoms with Crippen LogP contribution in [0.3, 0.4) is 0 Å². The third kappa shape index (κ3) is 7.99. The second-order valence-electron chi connectivity index (χ2n) is 3.64. The predicted molar refractivity (Wildman–Crippen MR) is 61.9 cm³/mol. The van der Waals surface area contributed by atoms with Gasteiger partial charge in [0.05, 0.1) is 0 Å². The zero-order valence-corrected chi connectivity index (χ0v) is 9.45. The van der Waals surface area contributed by atoms with Gasteiger partial charge in [-0.05, 0) is 12.8 Å². The smallest absolute Gasteiger partial charge is 0.320 e. The number of hydrogen-bond acceptors (Lipinski definition) is 3. The molecule has 4 N–H and O–H groups in total. The van der Waals surface area contributed by atoms with Crippen molar-refractivity contribution in [3.05, 3.63) is 12.7 Å². The normalized spacial score (nSPS) is 11.8. The van der Waals surface area contributed by atoms with Gasteiger partial charge in [0, 0.05) is 13.0 Å². The molecular weight excluding hydrogens is 208 g/mol. The van der Waals surface area contributed by atoms with E-state index in [-0.39, 0.29) is 5.91 Å². The summed E-state index contributed by atoms with van der Waals surface area (Å²) in [5.74, 6) is -0.967. The molecule has 0 aliphatic heterocycles. The molecule has 0 bridgehead atoms. The van der Waals surface area contributed by atoms with Gasteiger partial charge in [-0.25, -0.2) is 0 Å². The molecule has 5 heteroatoms. The maximum atomic E-state index is 11.1. The SMILES string of the molecule is C=CCNC(=O)CCCCC[C@H](N)C(=O)O. The molecule has 0 fully saturated rings. The van der Waals surface area contributed by atoms with Gasteiger partial charge in [-0.15, -0.1) is 6.58 Å². The summed E-state index contributed by atoms with van der Waals surface area (Å²) >= 11 is 0. The summed E-state index contributed by atoms with van der Waals surface area (Å²) in [7, 11) is 0. The second-order valence-corrected chi connectivity index (χ2v) is 3.64. The predicted octanol–water partition coefficient (Wildman–Crippen LogP) is 0.651. The van der Waals surface area contributed by atoms with Crippen molar-refractivity contribution in [1.82, 2.24) is 5.32 Å². The first kappa shape index (κ1) is 14.6. The van der Waals surface area contributed by atoms with Gasteiger partial charge in [0.2, 0.25) is 5.91 Å². The van der Waals surface area contributed by atoms with Gasteiger partial charge in [-0.1, -0.05) is 18.9 Å². The Balaban J connectivity index is 3.36. The monoisotopic (exact) mass is 228 g/mol. The van der Waals surface area contributed by atoms with Crippen LogP contribution in [0.15, 0.2) is 12.7 Å². The fourth-order valence-corrected chi connectivity index (χ4v) is 1.22. The number of nitrogens with two attached hydrogens (primary N) is 1. The van der Waals surface area contributed by atoms with Crippen LogP contribution in [0.2, 0.25) is 0 Å². The molecule has 16 heavy (non-hydrogen) atoms. The molecule has 0 spiro atoms. The van der Waals surface area contributed by atoms with Crippen LogP contribution >= 0.6 is 0 Å². The molecule has 0 unspecified atom stereocenters. The number of carbonyl (C=O) groups excluding carboxylic acids is 1. The minimum Gasteiger partial charge on any atom is -0.480 e. The zero-order valence-electron chi connectivity index (χ0n) is 9.45. The van der Waals surface area contributed by atoms with Crippen molar-refractivity contribution in [3.63, 3.8) is 0 Å². The highest BCUT2D eigenvalue weighted by molar-refractivity contribution is 5.75. The fraction of sp³-hybridized carbons (Fsp3) is 0.636. The molecule has 0 aromatic carbocycles. The molecule has 1 atom stereocenters. The second kappa shape index (κ2) is 8.91. The third-order valence-corrected chi connectivity index (χ3v) is 2.18. The van der Waals surface area contributed by atoms with Crippen molar-refractivity contribution < 1.29 is 14.7 Å². The molecule has 92 valence electrons. The fourth-order valence-electron chi connectivity index (χ4n) is 1.22. The van der Waals surface area contributed by atoms with Crippen molar-refractivity contribution >= 4 is 11.9 Å². The first-order valence-corrected chi connectivity index (χ1v) is 5.44. The molecule has 5 nitrogen and oxygen atoms in total.